The maximum Gasteiger partial charge on any atom is 0.234 e. The minimum atomic E-state index is -0.269. The molecule has 0 radical (unpaired) electrons. The molecule has 3 rings (SSSR count). The zero-order valence-corrected chi connectivity index (χ0v) is 20.0. The molecule has 2 aromatic carbocycles. The lowest BCUT2D eigenvalue weighted by Crippen LogP contribution is -2.15. The SMILES string of the molecule is CCOc1ccc(NC(=O)CSc2nnc(C(C)Oc3cccc(C)c3C)n2CC)cc1. The topological polar surface area (TPSA) is 78.3 Å². The van der Waals surface area contributed by atoms with Crippen LogP contribution in [0.2, 0.25) is 0 Å². The predicted octanol–water partition coefficient (Wildman–Crippen LogP) is 5.18. The maximum atomic E-state index is 12.4. The number of carbonyl (C=O) groups excluding carboxylic acids is 1. The quantitative estimate of drug-likeness (QED) is 0.425. The van der Waals surface area contributed by atoms with E-state index in [9.17, 15) is 4.79 Å². The molecule has 0 bridgehead atoms. The number of ether oxygens (including phenoxy) is 2. The second-order valence-electron chi connectivity index (χ2n) is 7.34. The summed E-state index contributed by atoms with van der Waals surface area (Å²) in [5.74, 6) is 2.49. The van der Waals surface area contributed by atoms with Crippen molar-refractivity contribution in [3.63, 3.8) is 0 Å². The van der Waals surface area contributed by atoms with E-state index in [0.717, 1.165) is 28.6 Å². The summed E-state index contributed by atoms with van der Waals surface area (Å²) in [4.78, 5) is 12.4. The average Bonchev–Trinajstić information content (AvgIpc) is 3.20. The molecule has 1 N–H and O–H groups in total. The highest BCUT2D eigenvalue weighted by atomic mass is 32.2. The van der Waals surface area contributed by atoms with Crippen LogP contribution in [0.4, 0.5) is 5.69 Å². The number of aryl methyl sites for hydroxylation is 1. The van der Waals surface area contributed by atoms with E-state index in [0.29, 0.717) is 18.3 Å². The van der Waals surface area contributed by atoms with Crippen LogP contribution in [0.3, 0.4) is 0 Å². The predicted molar refractivity (Wildman–Crippen MR) is 128 cm³/mol. The van der Waals surface area contributed by atoms with Gasteiger partial charge in [0, 0.05) is 12.2 Å². The summed E-state index contributed by atoms with van der Waals surface area (Å²) in [7, 11) is 0. The Bertz CT molecular complexity index is 1050. The van der Waals surface area contributed by atoms with Crippen LogP contribution in [0.1, 0.15) is 43.8 Å². The van der Waals surface area contributed by atoms with Crippen molar-refractivity contribution < 1.29 is 14.3 Å². The van der Waals surface area contributed by atoms with E-state index in [1.54, 1.807) is 0 Å². The molecule has 170 valence electrons. The monoisotopic (exact) mass is 454 g/mol. The number of rotatable bonds is 10. The lowest BCUT2D eigenvalue weighted by Gasteiger charge is -2.17. The summed E-state index contributed by atoms with van der Waals surface area (Å²) in [5, 5.41) is 12.2. The first kappa shape index (κ1) is 23.7. The van der Waals surface area contributed by atoms with Gasteiger partial charge in [0.05, 0.1) is 12.4 Å². The zero-order chi connectivity index (χ0) is 23.1. The number of carbonyl (C=O) groups is 1. The molecule has 0 spiro atoms. The molecule has 0 aliphatic heterocycles. The normalized spacial score (nSPS) is 11.8. The van der Waals surface area contributed by atoms with E-state index in [-0.39, 0.29) is 17.8 Å². The number of nitrogens with zero attached hydrogens (tertiary/aromatic N) is 3. The number of hydrogen-bond acceptors (Lipinski definition) is 6. The molecule has 1 aromatic heterocycles. The van der Waals surface area contributed by atoms with Crippen LogP contribution < -0.4 is 14.8 Å². The van der Waals surface area contributed by atoms with Crippen LogP contribution in [0.15, 0.2) is 47.6 Å². The van der Waals surface area contributed by atoms with Gasteiger partial charge in [0.2, 0.25) is 5.91 Å². The summed E-state index contributed by atoms with van der Waals surface area (Å²) in [6.45, 7) is 11.3. The summed E-state index contributed by atoms with van der Waals surface area (Å²) in [5.41, 5.74) is 3.02. The van der Waals surface area contributed by atoms with E-state index in [4.69, 9.17) is 9.47 Å². The molecule has 0 aliphatic carbocycles. The Kier molecular flexibility index (Phi) is 8.16. The van der Waals surface area contributed by atoms with Crippen LogP contribution in [-0.2, 0) is 11.3 Å². The van der Waals surface area contributed by atoms with Crippen LogP contribution >= 0.6 is 11.8 Å². The van der Waals surface area contributed by atoms with Gasteiger partial charge in [-0.1, -0.05) is 23.9 Å². The Morgan fingerprint density at radius 1 is 1.12 bits per heavy atom. The van der Waals surface area contributed by atoms with E-state index >= 15 is 0 Å². The van der Waals surface area contributed by atoms with Gasteiger partial charge in [0.15, 0.2) is 17.1 Å². The first-order chi connectivity index (χ1) is 15.4. The standard InChI is InChI=1S/C24H30N4O3S/c1-6-28-23(18(5)31-21-10-8-9-16(3)17(21)4)26-27-24(28)32-15-22(29)25-19-11-13-20(14-12-19)30-7-2/h8-14,18H,6-7,15H2,1-5H3,(H,25,29). The van der Waals surface area contributed by atoms with Crippen LogP contribution in [0, 0.1) is 13.8 Å². The molecule has 0 fully saturated rings. The highest BCUT2D eigenvalue weighted by Crippen LogP contribution is 2.28. The number of benzene rings is 2. The summed E-state index contributed by atoms with van der Waals surface area (Å²) >= 11 is 1.36. The number of nitrogens with one attached hydrogen (secondary N) is 1. The van der Waals surface area contributed by atoms with Crippen molar-refractivity contribution in [2.45, 2.75) is 52.4 Å². The van der Waals surface area contributed by atoms with E-state index < -0.39 is 0 Å². The molecule has 1 heterocycles. The van der Waals surface area contributed by atoms with Gasteiger partial charge in [-0.15, -0.1) is 10.2 Å². The molecule has 3 aromatic rings. The molecule has 0 saturated heterocycles. The first-order valence-corrected chi connectivity index (χ1v) is 11.7. The van der Waals surface area contributed by atoms with E-state index in [2.05, 4.69) is 28.5 Å². The number of thioether (sulfide) groups is 1. The third kappa shape index (κ3) is 5.82. The molecule has 1 amide bonds. The fourth-order valence-electron chi connectivity index (χ4n) is 3.23. The molecule has 7 nitrogen and oxygen atoms in total. The Morgan fingerprint density at radius 3 is 2.56 bits per heavy atom. The Labute approximate surface area is 193 Å². The van der Waals surface area contributed by atoms with Crippen LogP contribution in [0.5, 0.6) is 11.5 Å². The van der Waals surface area contributed by atoms with Crippen molar-refractivity contribution in [2.24, 2.45) is 0 Å². The minimum absolute atomic E-state index is 0.106. The van der Waals surface area contributed by atoms with Gasteiger partial charge in [0.1, 0.15) is 11.5 Å². The first-order valence-electron chi connectivity index (χ1n) is 10.7. The van der Waals surface area contributed by atoms with Gasteiger partial charge < -0.3 is 19.4 Å². The maximum absolute atomic E-state index is 12.4. The van der Waals surface area contributed by atoms with Crippen molar-refractivity contribution in [3.8, 4) is 11.5 Å². The third-order valence-corrected chi connectivity index (χ3v) is 6.03. The zero-order valence-electron chi connectivity index (χ0n) is 19.2. The fraction of sp³-hybridized carbons (Fsp3) is 0.375. The van der Waals surface area contributed by atoms with Crippen molar-refractivity contribution in [3.05, 3.63) is 59.4 Å². The second kappa shape index (κ2) is 11.0. The summed E-state index contributed by atoms with van der Waals surface area (Å²) in [6, 6.07) is 13.3. The lowest BCUT2D eigenvalue weighted by molar-refractivity contribution is -0.113. The Hall–Kier alpha value is -3.00. The number of anilines is 1. The largest absolute Gasteiger partial charge is 0.494 e. The highest BCUT2D eigenvalue weighted by Gasteiger charge is 2.20. The summed E-state index contributed by atoms with van der Waals surface area (Å²) in [6.07, 6.45) is -0.269. The highest BCUT2D eigenvalue weighted by molar-refractivity contribution is 7.99. The van der Waals surface area contributed by atoms with Crippen LogP contribution in [0.25, 0.3) is 0 Å². The average molecular weight is 455 g/mol. The van der Waals surface area contributed by atoms with Gasteiger partial charge in [0.25, 0.3) is 0 Å². The van der Waals surface area contributed by atoms with Gasteiger partial charge in [-0.25, -0.2) is 0 Å². The summed E-state index contributed by atoms with van der Waals surface area (Å²) < 4.78 is 13.6. The van der Waals surface area contributed by atoms with Gasteiger partial charge in [-0.3, -0.25) is 4.79 Å². The van der Waals surface area contributed by atoms with Gasteiger partial charge in [-0.05, 0) is 76.1 Å². The Balaban J connectivity index is 1.61. The number of aromatic nitrogens is 3. The van der Waals surface area contributed by atoms with Gasteiger partial charge in [-0.2, -0.15) is 0 Å². The number of hydrogen-bond donors (Lipinski definition) is 1. The smallest absolute Gasteiger partial charge is 0.234 e. The molecule has 32 heavy (non-hydrogen) atoms. The molecular weight excluding hydrogens is 424 g/mol. The number of amides is 1. The van der Waals surface area contributed by atoms with Crippen molar-refractivity contribution in [1.82, 2.24) is 14.8 Å². The van der Waals surface area contributed by atoms with Crippen molar-refractivity contribution in [1.29, 1.82) is 0 Å². The minimum Gasteiger partial charge on any atom is -0.494 e. The van der Waals surface area contributed by atoms with Crippen molar-refractivity contribution in [2.75, 3.05) is 17.7 Å². The molecule has 0 aliphatic rings. The van der Waals surface area contributed by atoms with Gasteiger partial charge >= 0.3 is 0 Å². The van der Waals surface area contributed by atoms with Crippen molar-refractivity contribution >= 4 is 23.4 Å². The lowest BCUT2D eigenvalue weighted by atomic mass is 10.1. The fourth-order valence-corrected chi connectivity index (χ4v) is 4.04. The second-order valence-corrected chi connectivity index (χ2v) is 8.28. The van der Waals surface area contributed by atoms with E-state index in [1.807, 2.05) is 68.7 Å². The van der Waals surface area contributed by atoms with E-state index in [1.165, 1.54) is 17.3 Å². The third-order valence-electron chi connectivity index (χ3n) is 5.07. The molecule has 8 heteroatoms. The Morgan fingerprint density at radius 2 is 1.88 bits per heavy atom. The molecular formula is C24H30N4O3S. The molecule has 1 unspecified atom stereocenters. The molecule has 0 saturated carbocycles. The van der Waals surface area contributed by atoms with Crippen LogP contribution in [-0.4, -0.2) is 33.0 Å². The molecule has 1 atom stereocenters.